The molecule has 2 nitrogen and oxygen atoms in total. The van der Waals surface area contributed by atoms with Crippen LogP contribution in [0.5, 0.6) is 0 Å². The Balaban J connectivity index is 1.74. The quantitative estimate of drug-likeness (QED) is 0.219. The standard InChI is InChI=1S/C33H35N2/c1-20-12-15-28-30(29(20)27-17-14-22(19-34(27)8)33(5,6)7)24-11-9-10-23-25-18-21(32(2,3)4)13-16-26(25)35(28)31(23)24/h9-19H,1-8H3/q+1. The van der Waals surface area contributed by atoms with E-state index in [9.17, 15) is 0 Å². The molecule has 0 saturated carbocycles. The van der Waals surface area contributed by atoms with E-state index in [4.69, 9.17) is 0 Å². The average Bonchev–Trinajstić information content (AvgIpc) is 3.30. The maximum absolute atomic E-state index is 2.49. The number of hydrogen-bond donors (Lipinski definition) is 0. The van der Waals surface area contributed by atoms with E-state index in [-0.39, 0.29) is 10.8 Å². The summed E-state index contributed by atoms with van der Waals surface area (Å²) in [6, 6.07) is 23.1. The van der Waals surface area contributed by atoms with Gasteiger partial charge in [-0.05, 0) is 53.1 Å². The molecule has 0 aliphatic rings. The van der Waals surface area contributed by atoms with Crippen molar-refractivity contribution < 1.29 is 4.57 Å². The third-order valence-electron chi connectivity index (χ3n) is 7.81. The largest absolute Gasteiger partial charge is 0.308 e. The number of aromatic nitrogens is 2. The third-order valence-corrected chi connectivity index (χ3v) is 7.81. The average molecular weight is 460 g/mol. The molecule has 35 heavy (non-hydrogen) atoms. The van der Waals surface area contributed by atoms with Crippen LogP contribution in [0.2, 0.25) is 0 Å². The van der Waals surface area contributed by atoms with E-state index in [0.29, 0.717) is 0 Å². The van der Waals surface area contributed by atoms with Crippen LogP contribution in [0.1, 0.15) is 58.2 Å². The minimum atomic E-state index is 0.124. The Morgan fingerprint density at radius 3 is 2.03 bits per heavy atom. The van der Waals surface area contributed by atoms with Crippen LogP contribution in [0.15, 0.2) is 66.9 Å². The first kappa shape index (κ1) is 22.1. The Kier molecular flexibility index (Phi) is 4.46. The molecule has 0 spiro atoms. The van der Waals surface area contributed by atoms with Crippen LogP contribution < -0.4 is 4.57 Å². The predicted molar refractivity (Wildman–Crippen MR) is 150 cm³/mol. The van der Waals surface area contributed by atoms with Crippen LogP contribution in [-0.2, 0) is 17.9 Å². The van der Waals surface area contributed by atoms with Crippen molar-refractivity contribution in [2.24, 2.45) is 7.05 Å². The van der Waals surface area contributed by atoms with Crippen LogP contribution >= 0.6 is 0 Å². The maximum atomic E-state index is 2.49. The summed E-state index contributed by atoms with van der Waals surface area (Å²) in [5.41, 5.74) is 10.8. The molecule has 0 amide bonds. The molecule has 0 unspecified atom stereocenters. The molecule has 176 valence electrons. The summed E-state index contributed by atoms with van der Waals surface area (Å²) in [6.07, 6.45) is 2.30. The zero-order valence-corrected chi connectivity index (χ0v) is 22.2. The number of hydrogen-bond acceptors (Lipinski definition) is 0. The first-order valence-corrected chi connectivity index (χ1v) is 12.7. The van der Waals surface area contributed by atoms with Crippen molar-refractivity contribution in [2.75, 3.05) is 0 Å². The first-order valence-electron chi connectivity index (χ1n) is 12.7. The molecule has 0 bridgehead atoms. The normalized spacial score (nSPS) is 13.1. The van der Waals surface area contributed by atoms with E-state index in [0.717, 1.165) is 0 Å². The Bertz CT molecular complexity index is 1770. The molecule has 0 atom stereocenters. The topological polar surface area (TPSA) is 8.29 Å². The van der Waals surface area contributed by atoms with Gasteiger partial charge in [0.1, 0.15) is 7.05 Å². The summed E-state index contributed by atoms with van der Waals surface area (Å²) < 4.78 is 4.80. The van der Waals surface area contributed by atoms with Crippen LogP contribution in [0, 0.1) is 6.92 Å². The van der Waals surface area contributed by atoms with E-state index in [1.165, 1.54) is 66.0 Å². The Labute approximate surface area is 208 Å². The van der Waals surface area contributed by atoms with Crippen molar-refractivity contribution in [3.63, 3.8) is 0 Å². The van der Waals surface area contributed by atoms with Gasteiger partial charge in [0, 0.05) is 33.2 Å². The molecule has 3 heterocycles. The Hall–Kier alpha value is -3.39. The summed E-state index contributed by atoms with van der Waals surface area (Å²) in [6.45, 7) is 15.9. The second-order valence-electron chi connectivity index (χ2n) is 12.3. The van der Waals surface area contributed by atoms with Crippen LogP contribution in [0.25, 0.3) is 49.4 Å². The summed E-state index contributed by atoms with van der Waals surface area (Å²) in [4.78, 5) is 0. The Morgan fingerprint density at radius 2 is 1.34 bits per heavy atom. The zero-order valence-electron chi connectivity index (χ0n) is 22.2. The maximum Gasteiger partial charge on any atom is 0.213 e. The van der Waals surface area contributed by atoms with Gasteiger partial charge in [-0.3, -0.25) is 0 Å². The summed E-state index contributed by atoms with van der Waals surface area (Å²) >= 11 is 0. The molecule has 0 fully saturated rings. The number of nitrogens with zero attached hydrogens (tertiary/aromatic N) is 2. The van der Waals surface area contributed by atoms with Crippen molar-refractivity contribution in [1.29, 1.82) is 0 Å². The van der Waals surface area contributed by atoms with Gasteiger partial charge in [0.05, 0.1) is 22.1 Å². The van der Waals surface area contributed by atoms with Crippen LogP contribution in [-0.4, -0.2) is 4.40 Å². The van der Waals surface area contributed by atoms with Crippen LogP contribution in [0.3, 0.4) is 0 Å². The van der Waals surface area contributed by atoms with Gasteiger partial charge in [-0.1, -0.05) is 71.9 Å². The molecule has 3 aromatic carbocycles. The van der Waals surface area contributed by atoms with Gasteiger partial charge in [0.25, 0.3) is 0 Å². The van der Waals surface area contributed by atoms with Crippen molar-refractivity contribution >= 4 is 38.1 Å². The first-order chi connectivity index (χ1) is 16.5. The van der Waals surface area contributed by atoms with Crippen LogP contribution in [0.4, 0.5) is 0 Å². The van der Waals surface area contributed by atoms with Crippen molar-refractivity contribution in [2.45, 2.75) is 59.3 Å². The minimum Gasteiger partial charge on any atom is -0.308 e. The van der Waals surface area contributed by atoms with Crippen molar-refractivity contribution in [1.82, 2.24) is 4.40 Å². The number of benzene rings is 3. The molecule has 0 radical (unpaired) electrons. The van der Waals surface area contributed by atoms with Crippen molar-refractivity contribution in [3.05, 3.63) is 83.6 Å². The Morgan fingerprint density at radius 1 is 0.686 bits per heavy atom. The van der Waals surface area contributed by atoms with E-state index >= 15 is 0 Å². The second kappa shape index (κ2) is 7.07. The summed E-state index contributed by atoms with van der Waals surface area (Å²) in [5.74, 6) is 0. The lowest BCUT2D eigenvalue weighted by molar-refractivity contribution is -0.660. The molecule has 0 N–H and O–H groups in total. The van der Waals surface area contributed by atoms with Crippen molar-refractivity contribution in [3.8, 4) is 11.3 Å². The molecule has 0 aliphatic heterocycles. The lowest BCUT2D eigenvalue weighted by atomic mass is 9.86. The number of pyridine rings is 1. The predicted octanol–water partition coefficient (Wildman–Crippen LogP) is 8.23. The van der Waals surface area contributed by atoms with Gasteiger partial charge in [0.2, 0.25) is 5.69 Å². The molecule has 0 aliphatic carbocycles. The van der Waals surface area contributed by atoms with E-state index < -0.39 is 0 Å². The number of rotatable bonds is 1. The van der Waals surface area contributed by atoms with E-state index in [1.807, 2.05) is 0 Å². The summed E-state index contributed by atoms with van der Waals surface area (Å²) in [7, 11) is 2.18. The summed E-state index contributed by atoms with van der Waals surface area (Å²) in [5, 5.41) is 5.38. The lowest BCUT2D eigenvalue weighted by Crippen LogP contribution is -2.33. The minimum absolute atomic E-state index is 0.124. The van der Waals surface area contributed by atoms with Gasteiger partial charge >= 0.3 is 0 Å². The smallest absolute Gasteiger partial charge is 0.213 e. The molecule has 3 aromatic heterocycles. The number of fused-ring (bicyclic) bond motifs is 6. The van der Waals surface area contributed by atoms with E-state index in [1.54, 1.807) is 0 Å². The molecule has 6 aromatic rings. The van der Waals surface area contributed by atoms with E-state index in [2.05, 4.69) is 131 Å². The highest BCUT2D eigenvalue weighted by Crippen LogP contribution is 2.44. The number of para-hydroxylation sites is 1. The molecule has 0 saturated heterocycles. The fourth-order valence-corrected chi connectivity index (χ4v) is 5.78. The highest BCUT2D eigenvalue weighted by atomic mass is 14.9. The molecular weight excluding hydrogens is 424 g/mol. The SMILES string of the molecule is Cc1ccc2c(c1-c1ccc(C(C)(C)C)c[n+]1C)c1cccc3c4cc(C(C)(C)C)ccc4n2c31. The third kappa shape index (κ3) is 3.12. The van der Waals surface area contributed by atoms with Gasteiger partial charge in [-0.15, -0.1) is 0 Å². The molecule has 2 heteroatoms. The molecular formula is C33H35N2+. The van der Waals surface area contributed by atoms with Gasteiger partial charge < -0.3 is 4.40 Å². The molecule has 6 rings (SSSR count). The second-order valence-corrected chi connectivity index (χ2v) is 12.3. The van der Waals surface area contributed by atoms with Gasteiger partial charge in [-0.25, -0.2) is 4.57 Å². The zero-order chi connectivity index (χ0) is 24.9. The lowest BCUT2D eigenvalue weighted by Gasteiger charge is -2.19. The highest BCUT2D eigenvalue weighted by molar-refractivity contribution is 6.26. The fourth-order valence-electron chi connectivity index (χ4n) is 5.78. The van der Waals surface area contributed by atoms with Gasteiger partial charge in [0.15, 0.2) is 6.20 Å². The number of aryl methyl sites for hydroxylation is 2. The van der Waals surface area contributed by atoms with Gasteiger partial charge in [-0.2, -0.15) is 0 Å². The highest BCUT2D eigenvalue weighted by Gasteiger charge is 2.26. The fraction of sp³-hybridized carbons (Fsp3) is 0.303. The monoisotopic (exact) mass is 459 g/mol.